The third kappa shape index (κ3) is 0.891. The van der Waals surface area contributed by atoms with Crippen LogP contribution in [0.4, 0.5) is 5.69 Å². The first-order valence-electron chi connectivity index (χ1n) is 3.97. The molecule has 2 amide bonds. The standard InChI is InChI=1S/C9H8N2O3/c1-11-8(13)4-2-6(10)7(12)3-5(4)9(11)14/h2-3,12H,10H2,1H3. The van der Waals surface area contributed by atoms with Gasteiger partial charge < -0.3 is 10.8 Å². The second kappa shape index (κ2) is 2.47. The van der Waals surface area contributed by atoms with Crippen molar-refractivity contribution >= 4 is 17.5 Å². The number of phenolic OH excluding ortho intramolecular Hbond substituents is 1. The summed E-state index contributed by atoms with van der Waals surface area (Å²) in [7, 11) is 1.39. The number of aromatic hydroxyl groups is 1. The molecule has 0 atom stereocenters. The number of hydrogen-bond acceptors (Lipinski definition) is 4. The van der Waals surface area contributed by atoms with E-state index in [-0.39, 0.29) is 22.6 Å². The zero-order valence-corrected chi connectivity index (χ0v) is 7.44. The van der Waals surface area contributed by atoms with Crippen molar-refractivity contribution in [1.82, 2.24) is 4.90 Å². The van der Waals surface area contributed by atoms with Crippen molar-refractivity contribution in [1.29, 1.82) is 0 Å². The van der Waals surface area contributed by atoms with Gasteiger partial charge in [0.2, 0.25) is 0 Å². The molecule has 0 bridgehead atoms. The van der Waals surface area contributed by atoms with Crippen LogP contribution in [0.15, 0.2) is 12.1 Å². The summed E-state index contributed by atoms with van der Waals surface area (Å²) in [5, 5.41) is 9.27. The van der Waals surface area contributed by atoms with Crippen molar-refractivity contribution in [3.05, 3.63) is 23.3 Å². The third-order valence-corrected chi connectivity index (χ3v) is 2.24. The maximum atomic E-state index is 11.4. The van der Waals surface area contributed by atoms with Crippen molar-refractivity contribution < 1.29 is 14.7 Å². The molecule has 0 aliphatic carbocycles. The second-order valence-electron chi connectivity index (χ2n) is 3.13. The number of nitrogens with zero attached hydrogens (tertiary/aromatic N) is 1. The molecule has 0 fully saturated rings. The largest absolute Gasteiger partial charge is 0.506 e. The Kier molecular flexibility index (Phi) is 1.51. The Labute approximate surface area is 79.7 Å². The summed E-state index contributed by atoms with van der Waals surface area (Å²) in [5.74, 6) is -0.989. The predicted octanol–water partition coefficient (Wildman–Crippen LogP) is 0.200. The highest BCUT2D eigenvalue weighted by Crippen LogP contribution is 2.29. The number of phenols is 1. The van der Waals surface area contributed by atoms with Gasteiger partial charge in [-0.05, 0) is 12.1 Å². The molecular weight excluding hydrogens is 184 g/mol. The first-order valence-corrected chi connectivity index (χ1v) is 3.97. The van der Waals surface area contributed by atoms with Crippen LogP contribution < -0.4 is 5.73 Å². The third-order valence-electron chi connectivity index (χ3n) is 2.24. The summed E-state index contributed by atoms with van der Waals surface area (Å²) in [6, 6.07) is 2.53. The number of rotatable bonds is 0. The first-order chi connectivity index (χ1) is 6.52. The molecule has 0 saturated heterocycles. The van der Waals surface area contributed by atoms with Crippen LogP contribution in [0.1, 0.15) is 20.7 Å². The normalized spacial score (nSPS) is 14.8. The minimum absolute atomic E-state index is 0.0974. The molecule has 14 heavy (non-hydrogen) atoms. The van der Waals surface area contributed by atoms with Crippen LogP contribution in [0.5, 0.6) is 5.75 Å². The summed E-state index contributed by atoms with van der Waals surface area (Å²) in [6.45, 7) is 0. The molecule has 1 heterocycles. The van der Waals surface area contributed by atoms with Crippen LogP contribution in [0, 0.1) is 0 Å². The molecule has 5 heteroatoms. The molecule has 1 aromatic carbocycles. The highest BCUT2D eigenvalue weighted by Gasteiger charge is 2.33. The Morgan fingerprint density at radius 1 is 1.21 bits per heavy atom. The van der Waals surface area contributed by atoms with Gasteiger partial charge in [-0.1, -0.05) is 0 Å². The van der Waals surface area contributed by atoms with Crippen LogP contribution >= 0.6 is 0 Å². The van der Waals surface area contributed by atoms with Crippen LogP contribution in [0.2, 0.25) is 0 Å². The lowest BCUT2D eigenvalue weighted by Crippen LogP contribution is -2.24. The van der Waals surface area contributed by atoms with Gasteiger partial charge in [-0.3, -0.25) is 14.5 Å². The van der Waals surface area contributed by atoms with Crippen molar-refractivity contribution in [3.8, 4) is 5.75 Å². The number of fused-ring (bicyclic) bond motifs is 1. The summed E-state index contributed by atoms with van der Waals surface area (Å²) in [6.07, 6.45) is 0. The monoisotopic (exact) mass is 192 g/mol. The molecule has 2 rings (SSSR count). The van der Waals surface area contributed by atoms with E-state index in [4.69, 9.17) is 5.73 Å². The number of carbonyl (C=O) groups excluding carboxylic acids is 2. The van der Waals surface area contributed by atoms with E-state index in [0.717, 1.165) is 4.90 Å². The highest BCUT2D eigenvalue weighted by atomic mass is 16.3. The lowest BCUT2D eigenvalue weighted by Gasteiger charge is -2.02. The van der Waals surface area contributed by atoms with Crippen molar-refractivity contribution in [2.75, 3.05) is 12.8 Å². The molecule has 0 saturated carbocycles. The highest BCUT2D eigenvalue weighted by molar-refractivity contribution is 6.21. The van der Waals surface area contributed by atoms with E-state index < -0.39 is 11.8 Å². The maximum Gasteiger partial charge on any atom is 0.261 e. The van der Waals surface area contributed by atoms with Crippen LogP contribution in [-0.2, 0) is 0 Å². The average Bonchev–Trinajstić information content (AvgIpc) is 2.34. The molecule has 1 aromatic rings. The number of anilines is 1. The number of amides is 2. The topological polar surface area (TPSA) is 83.6 Å². The van der Waals surface area contributed by atoms with Gasteiger partial charge in [0.1, 0.15) is 5.75 Å². The zero-order valence-electron chi connectivity index (χ0n) is 7.44. The lowest BCUT2D eigenvalue weighted by atomic mass is 10.1. The number of imide groups is 1. The second-order valence-corrected chi connectivity index (χ2v) is 3.13. The van der Waals surface area contributed by atoms with E-state index in [1.54, 1.807) is 0 Å². The smallest absolute Gasteiger partial charge is 0.261 e. The number of hydrogen-bond donors (Lipinski definition) is 2. The maximum absolute atomic E-state index is 11.4. The van der Waals surface area contributed by atoms with Gasteiger partial charge in [0.05, 0.1) is 16.8 Å². The fourth-order valence-corrected chi connectivity index (χ4v) is 1.41. The van der Waals surface area contributed by atoms with Crippen molar-refractivity contribution in [2.24, 2.45) is 0 Å². The predicted molar refractivity (Wildman–Crippen MR) is 48.9 cm³/mol. The molecular formula is C9H8N2O3. The summed E-state index contributed by atoms with van der Waals surface area (Å²) in [4.78, 5) is 23.9. The summed E-state index contributed by atoms with van der Waals surface area (Å²) < 4.78 is 0. The molecule has 0 radical (unpaired) electrons. The van der Waals surface area contributed by atoms with E-state index >= 15 is 0 Å². The average molecular weight is 192 g/mol. The van der Waals surface area contributed by atoms with Gasteiger partial charge in [-0.2, -0.15) is 0 Å². The molecule has 0 spiro atoms. The molecule has 1 aliphatic rings. The molecule has 1 aliphatic heterocycles. The molecule has 72 valence electrons. The summed E-state index contributed by atoms with van der Waals surface area (Å²) in [5.41, 5.74) is 5.95. The first kappa shape index (κ1) is 8.55. The van der Waals surface area contributed by atoms with Crippen molar-refractivity contribution in [2.45, 2.75) is 0 Å². The van der Waals surface area contributed by atoms with E-state index in [1.165, 1.54) is 19.2 Å². The SMILES string of the molecule is CN1C(=O)c2cc(N)c(O)cc2C1=O. The Balaban J connectivity index is 2.71. The molecule has 0 unspecified atom stereocenters. The van der Waals surface area contributed by atoms with Gasteiger partial charge in [-0.25, -0.2) is 0 Å². The van der Waals surface area contributed by atoms with Gasteiger partial charge in [0.25, 0.3) is 11.8 Å². The van der Waals surface area contributed by atoms with Crippen LogP contribution in [-0.4, -0.2) is 28.9 Å². The van der Waals surface area contributed by atoms with E-state index in [0.29, 0.717) is 0 Å². The number of carbonyl (C=O) groups is 2. The minimum Gasteiger partial charge on any atom is -0.506 e. The van der Waals surface area contributed by atoms with Gasteiger partial charge in [0, 0.05) is 7.05 Å². The zero-order chi connectivity index (χ0) is 10.5. The lowest BCUT2D eigenvalue weighted by molar-refractivity contribution is 0.0693. The van der Waals surface area contributed by atoms with E-state index in [2.05, 4.69) is 0 Å². The Morgan fingerprint density at radius 3 is 2.29 bits per heavy atom. The number of benzene rings is 1. The Morgan fingerprint density at radius 2 is 1.71 bits per heavy atom. The fraction of sp³-hybridized carbons (Fsp3) is 0.111. The number of nitrogen functional groups attached to an aromatic ring is 1. The van der Waals surface area contributed by atoms with Gasteiger partial charge >= 0.3 is 0 Å². The molecule has 0 aromatic heterocycles. The van der Waals surface area contributed by atoms with Crippen LogP contribution in [0.3, 0.4) is 0 Å². The number of nitrogens with two attached hydrogens (primary N) is 1. The molecule has 3 N–H and O–H groups in total. The van der Waals surface area contributed by atoms with Gasteiger partial charge in [0.15, 0.2) is 0 Å². The molecule has 5 nitrogen and oxygen atoms in total. The minimum atomic E-state index is -0.416. The van der Waals surface area contributed by atoms with E-state index in [1.807, 2.05) is 0 Å². The Hall–Kier alpha value is -2.04. The quantitative estimate of drug-likeness (QED) is 0.349. The fourth-order valence-electron chi connectivity index (χ4n) is 1.41. The van der Waals surface area contributed by atoms with Crippen molar-refractivity contribution in [3.63, 3.8) is 0 Å². The Bertz CT molecular complexity index is 413. The van der Waals surface area contributed by atoms with Gasteiger partial charge in [-0.15, -0.1) is 0 Å². The van der Waals surface area contributed by atoms with Crippen LogP contribution in [0.25, 0.3) is 0 Å². The van der Waals surface area contributed by atoms with E-state index in [9.17, 15) is 14.7 Å². The summed E-state index contributed by atoms with van der Waals surface area (Å²) >= 11 is 0.